The van der Waals surface area contributed by atoms with Crippen molar-refractivity contribution in [2.75, 3.05) is 32.8 Å². The molecule has 1 aliphatic rings. The molecular formula is C15H21FN2O3. The Hall–Kier alpha value is -1.50. The first-order valence-electron chi connectivity index (χ1n) is 7.11. The van der Waals surface area contributed by atoms with Crippen molar-refractivity contribution in [1.29, 1.82) is 0 Å². The molecule has 2 N–H and O–H groups in total. The quantitative estimate of drug-likeness (QED) is 0.839. The SMILES string of the molecule is CC(NCC(O)c1cccc(F)c1)C(=O)N1CCOCC1. The summed E-state index contributed by atoms with van der Waals surface area (Å²) in [6, 6.07) is 5.43. The molecule has 0 spiro atoms. The zero-order chi connectivity index (χ0) is 15.2. The molecule has 1 fully saturated rings. The Morgan fingerprint density at radius 2 is 2.19 bits per heavy atom. The molecule has 5 nitrogen and oxygen atoms in total. The molecule has 1 saturated heterocycles. The predicted octanol–water partition coefficient (Wildman–Crippen LogP) is 0.696. The van der Waals surface area contributed by atoms with Gasteiger partial charge >= 0.3 is 0 Å². The van der Waals surface area contributed by atoms with Gasteiger partial charge in [-0.15, -0.1) is 0 Å². The van der Waals surface area contributed by atoms with Gasteiger partial charge in [0.1, 0.15) is 5.82 Å². The Kier molecular flexibility index (Phi) is 5.67. The number of hydrogen-bond acceptors (Lipinski definition) is 4. The fourth-order valence-electron chi connectivity index (χ4n) is 2.27. The number of aliphatic hydroxyl groups excluding tert-OH is 1. The first-order valence-corrected chi connectivity index (χ1v) is 7.11. The summed E-state index contributed by atoms with van der Waals surface area (Å²) >= 11 is 0. The molecule has 116 valence electrons. The number of hydrogen-bond donors (Lipinski definition) is 2. The fourth-order valence-corrected chi connectivity index (χ4v) is 2.27. The third-order valence-electron chi connectivity index (χ3n) is 3.54. The molecule has 2 atom stereocenters. The number of nitrogens with zero attached hydrogens (tertiary/aromatic N) is 1. The van der Waals surface area contributed by atoms with Gasteiger partial charge in [0, 0.05) is 19.6 Å². The molecule has 1 heterocycles. The summed E-state index contributed by atoms with van der Waals surface area (Å²) in [4.78, 5) is 13.9. The molecule has 0 saturated carbocycles. The number of nitrogens with one attached hydrogen (secondary N) is 1. The number of ether oxygens (including phenoxy) is 1. The van der Waals surface area contributed by atoms with E-state index in [-0.39, 0.29) is 18.3 Å². The normalized spacial score (nSPS) is 18.3. The summed E-state index contributed by atoms with van der Waals surface area (Å²) in [5.41, 5.74) is 0.494. The molecule has 6 heteroatoms. The zero-order valence-corrected chi connectivity index (χ0v) is 12.1. The largest absolute Gasteiger partial charge is 0.387 e. The minimum atomic E-state index is -0.847. The van der Waals surface area contributed by atoms with E-state index < -0.39 is 12.1 Å². The van der Waals surface area contributed by atoms with Crippen molar-refractivity contribution in [2.45, 2.75) is 19.1 Å². The monoisotopic (exact) mass is 296 g/mol. The highest BCUT2D eigenvalue weighted by molar-refractivity contribution is 5.81. The van der Waals surface area contributed by atoms with Gasteiger partial charge in [0.2, 0.25) is 5.91 Å². The molecule has 0 bridgehead atoms. The molecule has 1 amide bonds. The summed E-state index contributed by atoms with van der Waals surface area (Å²) in [7, 11) is 0. The lowest BCUT2D eigenvalue weighted by molar-refractivity contribution is -0.137. The van der Waals surface area contributed by atoms with Crippen LogP contribution in [0.4, 0.5) is 4.39 Å². The van der Waals surface area contributed by atoms with E-state index in [9.17, 15) is 14.3 Å². The van der Waals surface area contributed by atoms with Crippen molar-refractivity contribution in [3.63, 3.8) is 0 Å². The van der Waals surface area contributed by atoms with E-state index in [0.717, 1.165) is 0 Å². The summed E-state index contributed by atoms with van der Waals surface area (Å²) in [5.74, 6) is -0.395. The van der Waals surface area contributed by atoms with Crippen LogP contribution in [0.2, 0.25) is 0 Å². The highest BCUT2D eigenvalue weighted by atomic mass is 19.1. The first-order chi connectivity index (χ1) is 10.1. The van der Waals surface area contributed by atoms with Gasteiger partial charge in [-0.3, -0.25) is 4.79 Å². The second-order valence-corrected chi connectivity index (χ2v) is 5.14. The van der Waals surface area contributed by atoms with Gasteiger partial charge in [0.05, 0.1) is 25.4 Å². The number of halogens is 1. The predicted molar refractivity (Wildman–Crippen MR) is 76.2 cm³/mol. The number of carbonyl (C=O) groups excluding carboxylic acids is 1. The van der Waals surface area contributed by atoms with Gasteiger partial charge in [-0.1, -0.05) is 12.1 Å². The summed E-state index contributed by atoms with van der Waals surface area (Å²) in [6.45, 7) is 4.26. The van der Waals surface area contributed by atoms with Crippen LogP contribution in [-0.4, -0.2) is 54.8 Å². The van der Waals surface area contributed by atoms with Crippen molar-refractivity contribution in [1.82, 2.24) is 10.2 Å². The maximum absolute atomic E-state index is 13.1. The molecule has 0 aromatic heterocycles. The van der Waals surface area contributed by atoms with Crippen LogP contribution >= 0.6 is 0 Å². The van der Waals surface area contributed by atoms with Crippen molar-refractivity contribution in [2.24, 2.45) is 0 Å². The molecule has 1 aromatic rings. The summed E-state index contributed by atoms with van der Waals surface area (Å²) in [5, 5.41) is 13.0. The van der Waals surface area contributed by atoms with E-state index >= 15 is 0 Å². The minimum Gasteiger partial charge on any atom is -0.387 e. The van der Waals surface area contributed by atoms with Gasteiger partial charge in [0.15, 0.2) is 0 Å². The molecule has 2 rings (SSSR count). The summed E-state index contributed by atoms with van der Waals surface area (Å²) < 4.78 is 18.3. The standard InChI is InChI=1S/C15H21FN2O3/c1-11(15(20)18-5-7-21-8-6-18)17-10-14(19)12-3-2-4-13(16)9-12/h2-4,9,11,14,17,19H,5-8,10H2,1H3. The van der Waals surface area contributed by atoms with Crippen LogP contribution < -0.4 is 5.32 Å². The lowest BCUT2D eigenvalue weighted by atomic mass is 10.1. The van der Waals surface area contributed by atoms with E-state index in [1.54, 1.807) is 24.0 Å². The minimum absolute atomic E-state index is 0.00950. The molecular weight excluding hydrogens is 275 g/mol. The highest BCUT2D eigenvalue weighted by Crippen LogP contribution is 2.13. The van der Waals surface area contributed by atoms with Gasteiger partial charge in [-0.25, -0.2) is 4.39 Å². The Morgan fingerprint density at radius 1 is 1.48 bits per heavy atom. The molecule has 0 radical (unpaired) electrons. The van der Waals surface area contributed by atoms with E-state index in [2.05, 4.69) is 5.32 Å². The van der Waals surface area contributed by atoms with Crippen molar-refractivity contribution in [3.05, 3.63) is 35.6 Å². The lowest BCUT2D eigenvalue weighted by Crippen LogP contribution is -2.49. The number of aliphatic hydroxyl groups is 1. The number of amides is 1. The van der Waals surface area contributed by atoms with Gasteiger partial charge in [0.25, 0.3) is 0 Å². The van der Waals surface area contributed by atoms with E-state index in [0.29, 0.717) is 31.9 Å². The van der Waals surface area contributed by atoms with Gasteiger partial charge in [-0.2, -0.15) is 0 Å². The Labute approximate surface area is 123 Å². The third kappa shape index (κ3) is 4.49. The van der Waals surface area contributed by atoms with Crippen LogP contribution in [0.5, 0.6) is 0 Å². The number of morpholine rings is 1. The van der Waals surface area contributed by atoms with E-state index in [1.807, 2.05) is 0 Å². The Balaban J connectivity index is 1.82. The van der Waals surface area contributed by atoms with Crippen LogP contribution in [0.1, 0.15) is 18.6 Å². The van der Waals surface area contributed by atoms with Gasteiger partial charge in [-0.05, 0) is 24.6 Å². The highest BCUT2D eigenvalue weighted by Gasteiger charge is 2.22. The molecule has 1 aromatic carbocycles. The van der Waals surface area contributed by atoms with E-state index in [4.69, 9.17) is 4.74 Å². The Morgan fingerprint density at radius 3 is 2.86 bits per heavy atom. The number of carbonyl (C=O) groups is 1. The maximum atomic E-state index is 13.1. The van der Waals surface area contributed by atoms with Gasteiger partial charge < -0.3 is 20.1 Å². The van der Waals surface area contributed by atoms with Crippen LogP contribution in [0.3, 0.4) is 0 Å². The number of rotatable bonds is 5. The molecule has 2 unspecified atom stereocenters. The van der Waals surface area contributed by atoms with E-state index in [1.165, 1.54) is 12.1 Å². The second kappa shape index (κ2) is 7.49. The smallest absolute Gasteiger partial charge is 0.239 e. The Bertz CT molecular complexity index is 478. The first kappa shape index (κ1) is 15.9. The maximum Gasteiger partial charge on any atom is 0.239 e. The fraction of sp³-hybridized carbons (Fsp3) is 0.533. The molecule has 1 aliphatic heterocycles. The topological polar surface area (TPSA) is 61.8 Å². The van der Waals surface area contributed by atoms with Crippen molar-refractivity contribution < 1.29 is 19.0 Å². The summed E-state index contributed by atoms with van der Waals surface area (Å²) in [6.07, 6.45) is -0.847. The number of benzene rings is 1. The van der Waals surface area contributed by atoms with Crippen LogP contribution in [-0.2, 0) is 9.53 Å². The second-order valence-electron chi connectivity index (χ2n) is 5.14. The van der Waals surface area contributed by atoms with Crippen molar-refractivity contribution >= 4 is 5.91 Å². The van der Waals surface area contributed by atoms with Crippen LogP contribution in [0.15, 0.2) is 24.3 Å². The van der Waals surface area contributed by atoms with Crippen LogP contribution in [0.25, 0.3) is 0 Å². The average molecular weight is 296 g/mol. The molecule has 21 heavy (non-hydrogen) atoms. The lowest BCUT2D eigenvalue weighted by Gasteiger charge is -2.29. The molecule has 0 aliphatic carbocycles. The zero-order valence-electron chi connectivity index (χ0n) is 12.1. The average Bonchev–Trinajstić information content (AvgIpc) is 2.52. The van der Waals surface area contributed by atoms with Crippen molar-refractivity contribution in [3.8, 4) is 0 Å². The third-order valence-corrected chi connectivity index (χ3v) is 3.54. The van der Waals surface area contributed by atoms with Crippen LogP contribution in [0, 0.1) is 5.82 Å².